The van der Waals surface area contributed by atoms with Crippen LogP contribution >= 0.6 is 0 Å². The Kier molecular flexibility index (Phi) is 3.06. The largest absolute Gasteiger partial charge is 0.316 e. The lowest BCUT2D eigenvalue weighted by Crippen LogP contribution is -2.50. The van der Waals surface area contributed by atoms with Crippen LogP contribution in [0.15, 0.2) is 5.11 Å². The Labute approximate surface area is 74.9 Å². The summed E-state index contributed by atoms with van der Waals surface area (Å²) >= 11 is 0. The van der Waals surface area contributed by atoms with E-state index in [1.165, 1.54) is 0 Å². The highest BCUT2D eigenvalue weighted by Gasteiger charge is 2.45. The molecule has 74 valence electrons. The third-order valence-corrected chi connectivity index (χ3v) is 2.39. The van der Waals surface area contributed by atoms with E-state index >= 15 is 0 Å². The van der Waals surface area contributed by atoms with Gasteiger partial charge in [0.15, 0.2) is 0 Å². The molecule has 6 heteroatoms. The van der Waals surface area contributed by atoms with E-state index in [2.05, 4.69) is 15.3 Å². The van der Waals surface area contributed by atoms with Crippen molar-refractivity contribution in [2.45, 2.75) is 37.3 Å². The lowest BCUT2D eigenvalue weighted by atomic mass is 9.87. The molecule has 0 aromatic carbocycles. The molecule has 1 rings (SSSR count). The second-order valence-electron chi connectivity index (χ2n) is 3.20. The Morgan fingerprint density at radius 3 is 2.85 bits per heavy atom. The molecule has 0 aromatic heterocycles. The van der Waals surface area contributed by atoms with Crippen molar-refractivity contribution in [2.24, 2.45) is 5.11 Å². The maximum atomic E-state index is 13.2. The normalized spacial score (nSPS) is 32.2. The van der Waals surface area contributed by atoms with E-state index in [9.17, 15) is 8.78 Å². The maximum absolute atomic E-state index is 13.2. The standard InChI is InChI=1S/C7H12F2N4/c1-11-5-3-2-4-7(8,9)6(5)12-13-10/h5-6,11H,2-4H2,1H3/t5-,6?/m0/s1. The third kappa shape index (κ3) is 2.08. The molecule has 1 N–H and O–H groups in total. The average Bonchev–Trinajstić information content (AvgIpc) is 2.08. The molecule has 2 atom stereocenters. The number of halogens is 2. The van der Waals surface area contributed by atoms with E-state index in [4.69, 9.17) is 5.53 Å². The second-order valence-corrected chi connectivity index (χ2v) is 3.20. The Bertz CT molecular complexity index is 225. The van der Waals surface area contributed by atoms with Gasteiger partial charge in [-0.3, -0.25) is 0 Å². The first kappa shape index (κ1) is 10.2. The zero-order chi connectivity index (χ0) is 9.90. The predicted octanol–water partition coefficient (Wildman–Crippen LogP) is 2.07. The number of rotatable bonds is 2. The van der Waals surface area contributed by atoms with Crippen molar-refractivity contribution in [3.8, 4) is 0 Å². The summed E-state index contributed by atoms with van der Waals surface area (Å²) in [5.74, 6) is -2.86. The van der Waals surface area contributed by atoms with Crippen molar-refractivity contribution in [2.75, 3.05) is 7.05 Å². The molecule has 0 saturated heterocycles. The minimum Gasteiger partial charge on any atom is -0.316 e. The summed E-state index contributed by atoms with van der Waals surface area (Å²) < 4.78 is 26.4. The van der Waals surface area contributed by atoms with Crippen LogP contribution in [0.2, 0.25) is 0 Å². The molecule has 0 aromatic rings. The summed E-state index contributed by atoms with van der Waals surface area (Å²) in [5, 5.41) is 5.91. The van der Waals surface area contributed by atoms with Crippen molar-refractivity contribution in [1.82, 2.24) is 5.32 Å². The Balaban J connectivity index is 2.82. The van der Waals surface area contributed by atoms with Gasteiger partial charge in [0.1, 0.15) is 6.04 Å². The summed E-state index contributed by atoms with van der Waals surface area (Å²) in [6.07, 6.45) is 0.917. The molecule has 0 radical (unpaired) electrons. The SMILES string of the molecule is CN[C@H]1CCCC(F)(F)C1N=[N+]=[N-]. The fraction of sp³-hybridized carbons (Fsp3) is 1.00. The fourth-order valence-electron chi connectivity index (χ4n) is 1.68. The Morgan fingerprint density at radius 2 is 2.31 bits per heavy atom. The topological polar surface area (TPSA) is 60.8 Å². The van der Waals surface area contributed by atoms with E-state index in [0.29, 0.717) is 12.8 Å². The van der Waals surface area contributed by atoms with Crippen LogP contribution in [-0.4, -0.2) is 25.1 Å². The molecule has 4 nitrogen and oxygen atoms in total. The average molecular weight is 190 g/mol. The molecule has 1 saturated carbocycles. The predicted molar refractivity (Wildman–Crippen MR) is 44.6 cm³/mol. The van der Waals surface area contributed by atoms with Crippen molar-refractivity contribution >= 4 is 0 Å². The van der Waals surface area contributed by atoms with Gasteiger partial charge < -0.3 is 5.32 Å². The molecule has 0 spiro atoms. The first-order chi connectivity index (χ1) is 6.11. The summed E-state index contributed by atoms with van der Waals surface area (Å²) in [6, 6.07) is -1.64. The van der Waals surface area contributed by atoms with Gasteiger partial charge in [-0.25, -0.2) is 8.78 Å². The van der Waals surface area contributed by atoms with Gasteiger partial charge >= 0.3 is 0 Å². The molecule has 0 bridgehead atoms. The molecule has 13 heavy (non-hydrogen) atoms. The van der Waals surface area contributed by atoms with E-state index in [0.717, 1.165) is 0 Å². The van der Waals surface area contributed by atoms with Gasteiger partial charge in [0, 0.05) is 17.4 Å². The lowest BCUT2D eigenvalue weighted by molar-refractivity contribution is -0.0614. The van der Waals surface area contributed by atoms with Gasteiger partial charge in [0.25, 0.3) is 5.92 Å². The summed E-state index contributed by atoms with van der Waals surface area (Å²) in [7, 11) is 1.60. The van der Waals surface area contributed by atoms with Gasteiger partial charge in [-0.05, 0) is 25.4 Å². The third-order valence-electron chi connectivity index (χ3n) is 2.39. The molecular formula is C7H12F2N4. The molecule has 0 aliphatic heterocycles. The van der Waals surface area contributed by atoms with Crippen molar-refractivity contribution in [3.05, 3.63) is 10.4 Å². The zero-order valence-electron chi connectivity index (χ0n) is 7.37. The van der Waals surface area contributed by atoms with Crippen LogP contribution in [-0.2, 0) is 0 Å². The van der Waals surface area contributed by atoms with E-state index in [1.54, 1.807) is 7.05 Å². The van der Waals surface area contributed by atoms with Crippen LogP contribution in [0.3, 0.4) is 0 Å². The number of likely N-dealkylation sites (N-methyl/N-ethyl adjacent to an activating group) is 1. The number of alkyl halides is 2. The van der Waals surface area contributed by atoms with Crippen molar-refractivity contribution in [3.63, 3.8) is 0 Å². The van der Waals surface area contributed by atoms with Crippen LogP contribution in [0.25, 0.3) is 10.4 Å². The summed E-state index contributed by atoms with van der Waals surface area (Å²) in [5.41, 5.74) is 8.16. The van der Waals surface area contributed by atoms with Crippen LogP contribution in [0.4, 0.5) is 8.78 Å². The minimum atomic E-state index is -2.86. The first-order valence-corrected chi connectivity index (χ1v) is 4.21. The molecule has 0 heterocycles. The summed E-state index contributed by atoms with van der Waals surface area (Å²) in [6.45, 7) is 0. The maximum Gasteiger partial charge on any atom is 0.258 e. The molecule has 1 fully saturated rings. The Morgan fingerprint density at radius 1 is 1.62 bits per heavy atom. The van der Waals surface area contributed by atoms with Crippen molar-refractivity contribution < 1.29 is 8.78 Å². The molecule has 0 amide bonds. The molecule has 1 aliphatic rings. The van der Waals surface area contributed by atoms with E-state index in [1.807, 2.05) is 0 Å². The fourth-order valence-corrected chi connectivity index (χ4v) is 1.68. The van der Waals surface area contributed by atoms with Gasteiger partial charge in [-0.1, -0.05) is 5.11 Å². The lowest BCUT2D eigenvalue weighted by Gasteiger charge is -2.34. The molecule has 1 aliphatic carbocycles. The number of azide groups is 1. The molecule has 1 unspecified atom stereocenters. The van der Waals surface area contributed by atoms with Crippen LogP contribution < -0.4 is 5.32 Å². The number of hydrogen-bond donors (Lipinski definition) is 1. The van der Waals surface area contributed by atoms with Gasteiger partial charge in [-0.15, -0.1) is 0 Å². The van der Waals surface area contributed by atoms with E-state index in [-0.39, 0.29) is 6.42 Å². The molecular weight excluding hydrogens is 178 g/mol. The zero-order valence-corrected chi connectivity index (χ0v) is 7.37. The highest BCUT2D eigenvalue weighted by molar-refractivity contribution is 4.96. The summed E-state index contributed by atoms with van der Waals surface area (Å²) in [4.78, 5) is 2.46. The van der Waals surface area contributed by atoms with Crippen LogP contribution in [0.5, 0.6) is 0 Å². The van der Waals surface area contributed by atoms with Gasteiger partial charge in [0.2, 0.25) is 0 Å². The number of hydrogen-bond acceptors (Lipinski definition) is 2. The number of nitrogens with zero attached hydrogens (tertiary/aromatic N) is 3. The highest BCUT2D eigenvalue weighted by atomic mass is 19.3. The van der Waals surface area contributed by atoms with Crippen molar-refractivity contribution in [1.29, 1.82) is 0 Å². The smallest absolute Gasteiger partial charge is 0.258 e. The van der Waals surface area contributed by atoms with Crippen LogP contribution in [0, 0.1) is 0 Å². The van der Waals surface area contributed by atoms with E-state index < -0.39 is 18.0 Å². The highest BCUT2D eigenvalue weighted by Crippen LogP contribution is 2.35. The van der Waals surface area contributed by atoms with Gasteiger partial charge in [-0.2, -0.15) is 0 Å². The second kappa shape index (κ2) is 3.89. The van der Waals surface area contributed by atoms with Crippen LogP contribution in [0.1, 0.15) is 19.3 Å². The minimum absolute atomic E-state index is 0.186. The number of nitrogens with one attached hydrogen (secondary N) is 1. The Hall–Kier alpha value is -0.870. The quantitative estimate of drug-likeness (QED) is 0.404. The monoisotopic (exact) mass is 190 g/mol. The van der Waals surface area contributed by atoms with Gasteiger partial charge in [0.05, 0.1) is 0 Å². The first-order valence-electron chi connectivity index (χ1n) is 4.21.